The Morgan fingerprint density at radius 1 is 1.40 bits per heavy atom. The highest BCUT2D eigenvalue weighted by atomic mass is 19.4. The lowest BCUT2D eigenvalue weighted by Gasteiger charge is -2.15. The first-order valence-electron chi connectivity index (χ1n) is 6.01. The molecule has 1 aromatic carbocycles. The van der Waals surface area contributed by atoms with Crippen LogP contribution in [0.15, 0.2) is 18.2 Å². The molecule has 2 N–H and O–H groups in total. The molecule has 0 aromatic heterocycles. The van der Waals surface area contributed by atoms with Crippen molar-refractivity contribution in [2.45, 2.75) is 26.1 Å². The average Bonchev–Trinajstić information content (AvgIpc) is 2.35. The van der Waals surface area contributed by atoms with Crippen LogP contribution < -0.4 is 5.73 Å². The van der Waals surface area contributed by atoms with Crippen molar-refractivity contribution < 1.29 is 27.4 Å². The van der Waals surface area contributed by atoms with Gasteiger partial charge in [-0.05, 0) is 32.0 Å². The molecule has 0 aliphatic rings. The van der Waals surface area contributed by atoms with Crippen LogP contribution in [0.1, 0.15) is 29.8 Å². The van der Waals surface area contributed by atoms with Gasteiger partial charge in [0.15, 0.2) is 0 Å². The van der Waals surface area contributed by atoms with Crippen LogP contribution in [0.5, 0.6) is 0 Å². The van der Waals surface area contributed by atoms with Crippen molar-refractivity contribution in [3.05, 3.63) is 29.3 Å². The number of halogens is 3. The van der Waals surface area contributed by atoms with Gasteiger partial charge in [0.1, 0.15) is 6.10 Å². The number of rotatable bonds is 5. The van der Waals surface area contributed by atoms with Crippen molar-refractivity contribution >= 4 is 11.7 Å². The zero-order valence-electron chi connectivity index (χ0n) is 11.2. The lowest BCUT2D eigenvalue weighted by molar-refractivity contribution is -0.137. The van der Waals surface area contributed by atoms with Crippen molar-refractivity contribution in [3.63, 3.8) is 0 Å². The van der Waals surface area contributed by atoms with Gasteiger partial charge in [0.25, 0.3) is 0 Å². The van der Waals surface area contributed by atoms with Gasteiger partial charge in [-0.1, -0.05) is 0 Å². The zero-order chi connectivity index (χ0) is 15.3. The molecule has 0 fully saturated rings. The summed E-state index contributed by atoms with van der Waals surface area (Å²) in [5.74, 6) is -0.902. The van der Waals surface area contributed by atoms with Gasteiger partial charge in [0.05, 0.1) is 17.7 Å². The smallest absolute Gasteiger partial charge is 0.416 e. The van der Waals surface area contributed by atoms with Crippen LogP contribution in [0, 0.1) is 0 Å². The molecule has 1 rings (SSSR count). The standard InChI is InChI=1S/C13H16F3NO3/c1-3-19-7-8(2)20-12(18)10-6-9(13(14,15)16)4-5-11(10)17/h4-6,8H,3,7,17H2,1-2H3. The molecule has 1 unspecified atom stereocenters. The first-order valence-corrected chi connectivity index (χ1v) is 6.01. The van der Waals surface area contributed by atoms with Crippen molar-refractivity contribution in [2.75, 3.05) is 18.9 Å². The molecular weight excluding hydrogens is 275 g/mol. The van der Waals surface area contributed by atoms with Crippen LogP contribution in [0.3, 0.4) is 0 Å². The predicted molar refractivity (Wildman–Crippen MR) is 67.2 cm³/mol. The van der Waals surface area contributed by atoms with Gasteiger partial charge >= 0.3 is 12.1 Å². The normalized spacial score (nSPS) is 13.1. The van der Waals surface area contributed by atoms with E-state index in [0.717, 1.165) is 12.1 Å². The molecule has 1 aromatic rings. The number of carbonyl (C=O) groups is 1. The lowest BCUT2D eigenvalue weighted by Crippen LogP contribution is -2.21. The highest BCUT2D eigenvalue weighted by Crippen LogP contribution is 2.31. The Bertz CT molecular complexity index is 474. The minimum Gasteiger partial charge on any atom is -0.457 e. The van der Waals surface area contributed by atoms with E-state index in [1.54, 1.807) is 13.8 Å². The van der Waals surface area contributed by atoms with Crippen molar-refractivity contribution in [2.24, 2.45) is 0 Å². The summed E-state index contributed by atoms with van der Waals surface area (Å²) in [4.78, 5) is 11.8. The van der Waals surface area contributed by atoms with E-state index in [-0.39, 0.29) is 17.9 Å². The first kappa shape index (κ1) is 16.3. The SMILES string of the molecule is CCOCC(C)OC(=O)c1cc(C(F)(F)F)ccc1N. The van der Waals surface area contributed by atoms with Gasteiger partial charge in [-0.2, -0.15) is 13.2 Å². The Hall–Kier alpha value is -1.76. The van der Waals surface area contributed by atoms with Crippen LogP contribution >= 0.6 is 0 Å². The second-order valence-corrected chi connectivity index (χ2v) is 4.18. The van der Waals surface area contributed by atoms with Gasteiger partial charge in [-0.15, -0.1) is 0 Å². The quantitative estimate of drug-likeness (QED) is 0.669. The number of esters is 1. The molecule has 0 bridgehead atoms. The molecule has 0 saturated carbocycles. The number of nitrogens with two attached hydrogens (primary N) is 1. The molecule has 4 nitrogen and oxygen atoms in total. The van der Waals surface area contributed by atoms with E-state index in [1.165, 1.54) is 0 Å². The average molecular weight is 291 g/mol. The Labute approximate surface area is 114 Å². The summed E-state index contributed by atoms with van der Waals surface area (Å²) in [6.45, 7) is 3.98. The summed E-state index contributed by atoms with van der Waals surface area (Å²) >= 11 is 0. The van der Waals surface area contributed by atoms with E-state index in [4.69, 9.17) is 15.2 Å². The number of ether oxygens (including phenoxy) is 2. The minimum absolute atomic E-state index is 0.0633. The number of hydrogen-bond acceptors (Lipinski definition) is 4. The van der Waals surface area contributed by atoms with Crippen LogP contribution in [0.25, 0.3) is 0 Å². The summed E-state index contributed by atoms with van der Waals surface area (Å²) in [6, 6.07) is 2.54. The molecule has 20 heavy (non-hydrogen) atoms. The Morgan fingerprint density at radius 2 is 2.05 bits per heavy atom. The monoisotopic (exact) mass is 291 g/mol. The maximum Gasteiger partial charge on any atom is 0.416 e. The van der Waals surface area contributed by atoms with Crippen molar-refractivity contribution in [1.82, 2.24) is 0 Å². The largest absolute Gasteiger partial charge is 0.457 e. The molecule has 0 radical (unpaired) electrons. The third kappa shape index (κ3) is 4.41. The number of carbonyl (C=O) groups excluding carboxylic acids is 1. The summed E-state index contributed by atoms with van der Waals surface area (Å²) < 4.78 is 47.8. The molecule has 0 aliphatic carbocycles. The van der Waals surface area contributed by atoms with Crippen LogP contribution in [-0.4, -0.2) is 25.3 Å². The summed E-state index contributed by atoms with van der Waals surface area (Å²) in [6.07, 6.45) is -5.11. The number of alkyl halides is 3. The number of hydrogen-bond donors (Lipinski definition) is 1. The molecule has 0 saturated heterocycles. The fourth-order valence-corrected chi connectivity index (χ4v) is 1.47. The summed E-state index contributed by atoms with van der Waals surface area (Å²) in [5.41, 5.74) is 4.20. The van der Waals surface area contributed by atoms with Gasteiger partial charge in [0, 0.05) is 12.3 Å². The fourth-order valence-electron chi connectivity index (χ4n) is 1.47. The number of nitrogen functional groups attached to an aromatic ring is 1. The van der Waals surface area contributed by atoms with Crippen molar-refractivity contribution in [1.29, 1.82) is 0 Å². The van der Waals surface area contributed by atoms with E-state index in [2.05, 4.69) is 0 Å². The molecule has 0 heterocycles. The second-order valence-electron chi connectivity index (χ2n) is 4.18. The molecule has 0 spiro atoms. The van der Waals surface area contributed by atoms with Crippen LogP contribution in [-0.2, 0) is 15.7 Å². The molecule has 112 valence electrons. The maximum atomic E-state index is 12.6. The Kier molecular flexibility index (Phi) is 5.38. The minimum atomic E-state index is -4.54. The number of benzene rings is 1. The topological polar surface area (TPSA) is 61.5 Å². The Morgan fingerprint density at radius 3 is 2.60 bits per heavy atom. The van der Waals surface area contributed by atoms with E-state index in [0.29, 0.717) is 12.7 Å². The fraction of sp³-hybridized carbons (Fsp3) is 0.462. The van der Waals surface area contributed by atoms with Gasteiger partial charge in [0.2, 0.25) is 0 Å². The third-order valence-corrected chi connectivity index (χ3v) is 2.47. The highest BCUT2D eigenvalue weighted by Gasteiger charge is 2.32. The van der Waals surface area contributed by atoms with Gasteiger partial charge < -0.3 is 15.2 Å². The first-order chi connectivity index (χ1) is 9.25. The summed E-state index contributed by atoms with van der Waals surface area (Å²) in [5, 5.41) is 0. The molecule has 7 heteroatoms. The van der Waals surface area contributed by atoms with Crippen LogP contribution in [0.4, 0.5) is 18.9 Å². The number of anilines is 1. The third-order valence-electron chi connectivity index (χ3n) is 2.47. The molecule has 0 amide bonds. The molecular formula is C13H16F3NO3. The maximum absolute atomic E-state index is 12.6. The van der Waals surface area contributed by atoms with E-state index < -0.39 is 23.8 Å². The second kappa shape index (κ2) is 6.60. The lowest BCUT2D eigenvalue weighted by atomic mass is 10.1. The van der Waals surface area contributed by atoms with Gasteiger partial charge in [-0.25, -0.2) is 4.79 Å². The Balaban J connectivity index is 2.87. The molecule has 1 atom stereocenters. The summed E-state index contributed by atoms with van der Waals surface area (Å²) in [7, 11) is 0. The van der Waals surface area contributed by atoms with Gasteiger partial charge in [-0.3, -0.25) is 0 Å². The van der Waals surface area contributed by atoms with Crippen molar-refractivity contribution in [3.8, 4) is 0 Å². The zero-order valence-corrected chi connectivity index (χ0v) is 11.2. The predicted octanol–water partition coefficient (Wildman–Crippen LogP) is 2.87. The van der Waals surface area contributed by atoms with E-state index >= 15 is 0 Å². The molecule has 0 aliphatic heterocycles. The van der Waals surface area contributed by atoms with E-state index in [9.17, 15) is 18.0 Å². The highest BCUT2D eigenvalue weighted by molar-refractivity contribution is 5.95. The van der Waals surface area contributed by atoms with E-state index in [1.807, 2.05) is 0 Å². The van der Waals surface area contributed by atoms with Crippen LogP contribution in [0.2, 0.25) is 0 Å².